The molecule has 2 amide bonds. The van der Waals surface area contributed by atoms with Gasteiger partial charge in [0.05, 0.1) is 0 Å². The number of carbonyl (C=O) groups is 2. The van der Waals surface area contributed by atoms with Crippen molar-refractivity contribution in [2.24, 2.45) is 10.9 Å². The van der Waals surface area contributed by atoms with E-state index < -0.39 is 0 Å². The second-order valence-corrected chi connectivity index (χ2v) is 8.18. The zero-order chi connectivity index (χ0) is 21.3. The summed E-state index contributed by atoms with van der Waals surface area (Å²) in [5.74, 6) is 1.64. The molecule has 3 rings (SSSR count). The molecule has 31 heavy (non-hydrogen) atoms. The highest BCUT2D eigenvalue weighted by Gasteiger charge is 2.24. The van der Waals surface area contributed by atoms with Gasteiger partial charge in [-0.05, 0) is 37.7 Å². The van der Waals surface area contributed by atoms with Crippen LogP contribution in [0.1, 0.15) is 32.3 Å². The Morgan fingerprint density at radius 2 is 1.58 bits per heavy atom. The summed E-state index contributed by atoms with van der Waals surface area (Å²) >= 11 is 0. The smallest absolute Gasteiger partial charge is 0.244 e. The van der Waals surface area contributed by atoms with Crippen molar-refractivity contribution in [1.29, 1.82) is 0 Å². The number of hydrogen-bond donors (Lipinski definition) is 1. The normalized spacial score (nSPS) is 17.9. The molecule has 0 saturated carbocycles. The Kier molecular flexibility index (Phi) is 10.6. The Morgan fingerprint density at radius 3 is 2.16 bits per heavy atom. The van der Waals surface area contributed by atoms with E-state index in [1.165, 1.54) is 5.56 Å². The zero-order valence-electron chi connectivity index (χ0n) is 18.8. The van der Waals surface area contributed by atoms with Crippen LogP contribution in [0.25, 0.3) is 0 Å². The number of hydrogen-bond acceptors (Lipinski definition) is 3. The first-order valence-corrected chi connectivity index (χ1v) is 11.2. The van der Waals surface area contributed by atoms with Gasteiger partial charge in [-0.25, -0.2) is 4.99 Å². The maximum Gasteiger partial charge on any atom is 0.244 e. The number of nitrogens with one attached hydrogen (secondary N) is 1. The highest BCUT2D eigenvalue weighted by molar-refractivity contribution is 14.0. The van der Waals surface area contributed by atoms with Gasteiger partial charge in [0.25, 0.3) is 0 Å². The Morgan fingerprint density at radius 1 is 0.968 bits per heavy atom. The molecule has 2 saturated heterocycles. The van der Waals surface area contributed by atoms with Crippen molar-refractivity contribution in [3.05, 3.63) is 35.9 Å². The Labute approximate surface area is 203 Å². The molecular formula is C23H36IN5O2. The van der Waals surface area contributed by atoms with E-state index in [9.17, 15) is 9.59 Å². The van der Waals surface area contributed by atoms with Gasteiger partial charge in [-0.2, -0.15) is 0 Å². The first-order chi connectivity index (χ1) is 14.6. The molecule has 1 aromatic carbocycles. The van der Waals surface area contributed by atoms with Gasteiger partial charge in [0.1, 0.15) is 6.54 Å². The minimum atomic E-state index is 0. The Hall–Kier alpha value is -1.84. The summed E-state index contributed by atoms with van der Waals surface area (Å²) < 4.78 is 0. The third-order valence-corrected chi connectivity index (χ3v) is 6.06. The molecule has 0 radical (unpaired) electrons. The van der Waals surface area contributed by atoms with Gasteiger partial charge in [0.2, 0.25) is 11.8 Å². The van der Waals surface area contributed by atoms with E-state index in [0.29, 0.717) is 19.0 Å². The number of rotatable bonds is 5. The van der Waals surface area contributed by atoms with Crippen LogP contribution < -0.4 is 5.32 Å². The summed E-state index contributed by atoms with van der Waals surface area (Å²) in [5, 5.41) is 3.29. The van der Waals surface area contributed by atoms with Crippen LogP contribution in [0.2, 0.25) is 0 Å². The van der Waals surface area contributed by atoms with Crippen molar-refractivity contribution < 1.29 is 9.59 Å². The maximum atomic E-state index is 12.7. The minimum Gasteiger partial charge on any atom is -0.357 e. The van der Waals surface area contributed by atoms with Gasteiger partial charge in [0.15, 0.2) is 5.96 Å². The molecule has 1 aromatic rings. The number of carbonyl (C=O) groups excluding carboxylic acids is 2. The first kappa shape index (κ1) is 25.4. The second-order valence-electron chi connectivity index (χ2n) is 8.18. The Bertz CT molecular complexity index is 727. The minimum absolute atomic E-state index is 0. The molecule has 2 aliphatic rings. The summed E-state index contributed by atoms with van der Waals surface area (Å²) in [6, 6.07) is 10.6. The fourth-order valence-corrected chi connectivity index (χ4v) is 4.24. The van der Waals surface area contributed by atoms with E-state index in [1.807, 2.05) is 16.7 Å². The third kappa shape index (κ3) is 7.66. The summed E-state index contributed by atoms with van der Waals surface area (Å²) in [6.45, 7) is 9.08. The number of aliphatic imine (C=N–C) groups is 1. The highest BCUT2D eigenvalue weighted by atomic mass is 127. The summed E-state index contributed by atoms with van der Waals surface area (Å²) in [4.78, 5) is 34.8. The number of halogens is 1. The molecule has 7 nitrogen and oxygen atoms in total. The van der Waals surface area contributed by atoms with Crippen molar-refractivity contribution in [1.82, 2.24) is 20.0 Å². The summed E-state index contributed by atoms with van der Waals surface area (Å²) in [6.07, 6.45) is 3.20. The molecule has 0 bridgehead atoms. The molecular weight excluding hydrogens is 505 g/mol. The molecule has 2 heterocycles. The van der Waals surface area contributed by atoms with Crippen molar-refractivity contribution in [3.8, 4) is 0 Å². The molecule has 0 aliphatic carbocycles. The van der Waals surface area contributed by atoms with E-state index in [1.54, 1.807) is 6.92 Å². The molecule has 0 spiro atoms. The van der Waals surface area contributed by atoms with Gasteiger partial charge in [-0.3, -0.25) is 9.59 Å². The zero-order valence-corrected chi connectivity index (χ0v) is 21.1. The summed E-state index contributed by atoms with van der Waals surface area (Å²) in [7, 11) is 0. The van der Waals surface area contributed by atoms with Crippen LogP contribution >= 0.6 is 24.0 Å². The van der Waals surface area contributed by atoms with Crippen LogP contribution in [0.15, 0.2) is 35.3 Å². The lowest BCUT2D eigenvalue weighted by Gasteiger charge is -2.36. The van der Waals surface area contributed by atoms with Gasteiger partial charge in [-0.1, -0.05) is 30.3 Å². The van der Waals surface area contributed by atoms with Crippen LogP contribution in [0.5, 0.6) is 0 Å². The monoisotopic (exact) mass is 541 g/mol. The summed E-state index contributed by atoms with van der Waals surface area (Å²) in [5.41, 5.74) is 1.38. The number of nitrogens with zero attached hydrogens (tertiary/aromatic N) is 4. The lowest BCUT2D eigenvalue weighted by Crippen LogP contribution is -2.53. The predicted octanol–water partition coefficient (Wildman–Crippen LogP) is 2.22. The number of likely N-dealkylation sites (tertiary alicyclic amines) is 1. The molecule has 8 heteroatoms. The van der Waals surface area contributed by atoms with Crippen LogP contribution in [-0.4, -0.2) is 84.8 Å². The van der Waals surface area contributed by atoms with E-state index in [4.69, 9.17) is 0 Å². The fourth-order valence-electron chi connectivity index (χ4n) is 4.24. The molecule has 172 valence electrons. The van der Waals surface area contributed by atoms with Crippen LogP contribution in [0, 0.1) is 5.92 Å². The first-order valence-electron chi connectivity index (χ1n) is 11.2. The number of benzene rings is 1. The molecule has 0 aromatic heterocycles. The fraction of sp³-hybridized carbons (Fsp3) is 0.609. The molecule has 0 unspecified atom stereocenters. The van der Waals surface area contributed by atoms with Crippen LogP contribution in [0.4, 0.5) is 0 Å². The molecule has 2 aliphatic heterocycles. The standard InChI is InChI=1S/C23H35N5O2.HI/c1-3-24-23(28-15-13-26(14-16-28)19(2)29)25-18-22(30)27-11-9-21(10-12-27)17-20-7-5-4-6-8-20;/h4-8,21H,3,9-18H2,1-2H3,(H,24,25);1H. The quantitative estimate of drug-likeness (QED) is 0.353. The molecule has 2 fully saturated rings. The largest absolute Gasteiger partial charge is 0.357 e. The van der Waals surface area contributed by atoms with E-state index in [-0.39, 0.29) is 42.3 Å². The maximum absolute atomic E-state index is 12.7. The number of guanidine groups is 1. The van der Waals surface area contributed by atoms with E-state index in [2.05, 4.69) is 45.5 Å². The van der Waals surface area contributed by atoms with E-state index >= 15 is 0 Å². The average molecular weight is 541 g/mol. The topological polar surface area (TPSA) is 68.2 Å². The SMILES string of the molecule is CCNC(=NCC(=O)N1CCC(Cc2ccccc2)CC1)N1CCN(C(C)=O)CC1.I. The Balaban J connectivity index is 0.00000341. The third-order valence-electron chi connectivity index (χ3n) is 6.06. The molecule has 0 atom stereocenters. The number of amides is 2. The molecule has 1 N–H and O–H groups in total. The lowest BCUT2D eigenvalue weighted by atomic mass is 9.90. The highest BCUT2D eigenvalue weighted by Crippen LogP contribution is 2.21. The second kappa shape index (κ2) is 12.9. The van der Waals surface area contributed by atoms with Crippen molar-refractivity contribution in [2.75, 3.05) is 52.4 Å². The van der Waals surface area contributed by atoms with Gasteiger partial charge < -0.3 is 20.0 Å². The average Bonchev–Trinajstić information content (AvgIpc) is 2.77. The number of piperidine rings is 1. The van der Waals surface area contributed by atoms with Crippen LogP contribution in [-0.2, 0) is 16.0 Å². The van der Waals surface area contributed by atoms with Crippen molar-refractivity contribution >= 4 is 41.8 Å². The lowest BCUT2D eigenvalue weighted by molar-refractivity contribution is -0.131. The van der Waals surface area contributed by atoms with Crippen LogP contribution in [0.3, 0.4) is 0 Å². The predicted molar refractivity (Wildman–Crippen MR) is 135 cm³/mol. The van der Waals surface area contributed by atoms with E-state index in [0.717, 1.165) is 57.9 Å². The van der Waals surface area contributed by atoms with Crippen molar-refractivity contribution in [3.63, 3.8) is 0 Å². The van der Waals surface area contributed by atoms with Gasteiger partial charge >= 0.3 is 0 Å². The van der Waals surface area contributed by atoms with Gasteiger partial charge in [0, 0.05) is 52.7 Å². The number of piperazine rings is 1. The van der Waals surface area contributed by atoms with Gasteiger partial charge in [-0.15, -0.1) is 24.0 Å². The van der Waals surface area contributed by atoms with Crippen molar-refractivity contribution in [2.45, 2.75) is 33.1 Å².